The van der Waals surface area contributed by atoms with E-state index in [2.05, 4.69) is 172 Å². The fourth-order valence-corrected chi connectivity index (χ4v) is 9.40. The van der Waals surface area contributed by atoms with Crippen molar-refractivity contribution >= 4 is 17.9 Å². The minimum atomic E-state index is -1.63. The molecule has 504 valence electrons. The second-order valence-corrected chi connectivity index (χ2v) is 24.4. The molecule has 0 aliphatic heterocycles. The van der Waals surface area contributed by atoms with Crippen LogP contribution in [-0.2, 0) is 33.3 Å². The molecule has 9 heteroatoms. The molecular weight excluding hydrogens is 1100 g/mol. The number of aliphatic carboxylic acids is 1. The van der Waals surface area contributed by atoms with E-state index in [1.165, 1.54) is 103 Å². The van der Waals surface area contributed by atoms with Gasteiger partial charge in [0.15, 0.2) is 12.4 Å². The van der Waals surface area contributed by atoms with E-state index in [9.17, 15) is 19.5 Å². The fraction of sp³-hybridized carbons (Fsp3) is 0.637. The van der Waals surface area contributed by atoms with Gasteiger partial charge in [-0.25, -0.2) is 0 Å². The van der Waals surface area contributed by atoms with Gasteiger partial charge in [-0.15, -0.1) is 0 Å². The highest BCUT2D eigenvalue weighted by molar-refractivity contribution is 5.70. The van der Waals surface area contributed by atoms with Crippen LogP contribution in [-0.4, -0.2) is 82.3 Å². The molecule has 0 fully saturated rings. The lowest BCUT2D eigenvalue weighted by molar-refractivity contribution is -0.870. The van der Waals surface area contributed by atoms with Crippen LogP contribution in [0.4, 0.5) is 0 Å². The van der Waals surface area contributed by atoms with Gasteiger partial charge in [0.25, 0.3) is 0 Å². The number of ether oxygens (including phenoxy) is 4. The minimum absolute atomic E-state index is 0.139. The van der Waals surface area contributed by atoms with Crippen LogP contribution in [0, 0.1) is 0 Å². The number of unbranched alkanes of at least 4 members (excludes halogenated alkanes) is 23. The third kappa shape index (κ3) is 70.2. The Morgan fingerprint density at radius 3 is 0.899 bits per heavy atom. The molecule has 0 heterocycles. The van der Waals surface area contributed by atoms with Crippen LogP contribution >= 0.6 is 0 Å². The van der Waals surface area contributed by atoms with Crippen LogP contribution in [0.1, 0.15) is 271 Å². The second-order valence-electron chi connectivity index (χ2n) is 24.4. The molecule has 0 saturated heterocycles. The number of carboxylic acid groups (broad SMARTS) is 1. The summed E-state index contributed by atoms with van der Waals surface area (Å²) >= 11 is 0. The predicted molar refractivity (Wildman–Crippen MR) is 379 cm³/mol. The Balaban J connectivity index is 4.10. The molecule has 0 aromatic rings. The summed E-state index contributed by atoms with van der Waals surface area (Å²) in [6.07, 6.45) is 99.0. The summed E-state index contributed by atoms with van der Waals surface area (Å²) in [4.78, 5) is 37.5. The summed E-state index contributed by atoms with van der Waals surface area (Å²) in [6.45, 7) is 4.51. The summed E-state index contributed by atoms with van der Waals surface area (Å²) in [5.41, 5.74) is 0. The van der Waals surface area contributed by atoms with Crippen LogP contribution < -0.4 is 5.11 Å². The Bertz CT molecular complexity index is 2020. The molecule has 0 aliphatic carbocycles. The predicted octanol–water partition coefficient (Wildman–Crippen LogP) is 21.1. The molecule has 0 saturated carbocycles. The first-order chi connectivity index (χ1) is 43.6. The maximum absolute atomic E-state index is 12.9. The zero-order chi connectivity index (χ0) is 64.7. The van der Waals surface area contributed by atoms with E-state index in [1.807, 2.05) is 21.1 Å². The molecule has 0 aliphatic rings. The number of rotatable bonds is 64. The van der Waals surface area contributed by atoms with Crippen LogP contribution in [0.5, 0.6) is 0 Å². The molecule has 0 rings (SSSR count). The van der Waals surface area contributed by atoms with Crippen molar-refractivity contribution in [2.24, 2.45) is 0 Å². The van der Waals surface area contributed by atoms with Crippen LogP contribution in [0.15, 0.2) is 158 Å². The number of carboxylic acids is 1. The highest BCUT2D eigenvalue weighted by Gasteiger charge is 2.22. The van der Waals surface area contributed by atoms with Crippen LogP contribution in [0.2, 0.25) is 0 Å². The van der Waals surface area contributed by atoms with E-state index in [0.29, 0.717) is 17.4 Å². The first-order valence-electron chi connectivity index (χ1n) is 35.6. The lowest BCUT2D eigenvalue weighted by Crippen LogP contribution is -2.44. The Morgan fingerprint density at radius 2 is 0.607 bits per heavy atom. The highest BCUT2D eigenvalue weighted by atomic mass is 16.7. The van der Waals surface area contributed by atoms with Crippen molar-refractivity contribution < 1.29 is 42.9 Å². The van der Waals surface area contributed by atoms with Crippen LogP contribution in [0.25, 0.3) is 0 Å². The zero-order valence-corrected chi connectivity index (χ0v) is 57.5. The van der Waals surface area contributed by atoms with Gasteiger partial charge in [-0.1, -0.05) is 294 Å². The van der Waals surface area contributed by atoms with Gasteiger partial charge < -0.3 is 33.3 Å². The zero-order valence-electron chi connectivity index (χ0n) is 57.5. The summed E-state index contributed by atoms with van der Waals surface area (Å²) in [5, 5.41) is 11.8. The van der Waals surface area contributed by atoms with Crippen molar-refractivity contribution in [3.8, 4) is 0 Å². The van der Waals surface area contributed by atoms with Gasteiger partial charge in [-0.05, 0) is 122 Å². The maximum Gasteiger partial charge on any atom is 0.306 e. The molecule has 2 atom stereocenters. The van der Waals surface area contributed by atoms with Gasteiger partial charge in [0.05, 0.1) is 40.3 Å². The van der Waals surface area contributed by atoms with E-state index in [-0.39, 0.29) is 38.6 Å². The van der Waals surface area contributed by atoms with Crippen molar-refractivity contribution in [2.45, 2.75) is 283 Å². The van der Waals surface area contributed by atoms with Crippen molar-refractivity contribution in [1.29, 1.82) is 0 Å². The monoisotopic (exact) mass is 1230 g/mol. The first kappa shape index (κ1) is 83.9. The number of allylic oxidation sites excluding steroid dienone is 26. The summed E-state index contributed by atoms with van der Waals surface area (Å²) in [7, 11) is 5.92. The van der Waals surface area contributed by atoms with Gasteiger partial charge in [0, 0.05) is 12.8 Å². The molecule has 9 nitrogen and oxygen atoms in total. The van der Waals surface area contributed by atoms with Gasteiger partial charge in [-0.2, -0.15) is 0 Å². The number of quaternary nitrogens is 1. The quantitative estimate of drug-likeness (QED) is 0.0195. The van der Waals surface area contributed by atoms with Crippen molar-refractivity contribution in [1.82, 2.24) is 0 Å². The summed E-state index contributed by atoms with van der Waals surface area (Å²) < 4.78 is 22.8. The third-order valence-corrected chi connectivity index (χ3v) is 14.8. The van der Waals surface area contributed by atoms with Gasteiger partial charge in [0.1, 0.15) is 13.2 Å². The lowest BCUT2D eigenvalue weighted by atomic mass is 10.0. The Kier molecular flexibility index (Phi) is 64.9. The number of hydrogen-bond donors (Lipinski definition) is 0. The number of hydrogen-bond acceptors (Lipinski definition) is 8. The lowest BCUT2D eigenvalue weighted by Gasteiger charge is -2.26. The standard InChI is InChI=1S/C80H131NO8/c1-6-8-10-12-14-16-18-20-22-24-26-28-30-31-32-33-34-35-36-37-38-39-40-41-42-43-44-45-46-47-49-51-53-55-57-59-61-63-65-67-69-71-78(83)89-76(75-88-80(79(84)85)86-73-72-81(3,4)5)74-87-77(82)70-68-66-64-62-60-58-56-54-52-50-48-29-27-25-23-21-19-17-15-13-11-9-7-2/h8-11,14-17,20-23,26-29,31-32,34-35,37-38,40-41,50,52,76,80H,6-7,12-13,18-19,24-25,30,33,36,39,42-49,51,53-75H2,1-5H3/b10-8-,11-9-,16-14-,17-15-,22-20-,23-21-,28-26-,29-27-,32-31-,35-34-,38-37-,41-40-,52-50-. The number of nitrogens with zero attached hydrogens (tertiary/aromatic N) is 1. The van der Waals surface area contributed by atoms with Crippen molar-refractivity contribution in [3.63, 3.8) is 0 Å². The smallest absolute Gasteiger partial charge is 0.306 e. The minimum Gasteiger partial charge on any atom is -0.545 e. The van der Waals surface area contributed by atoms with Crippen LogP contribution in [0.3, 0.4) is 0 Å². The van der Waals surface area contributed by atoms with Crippen molar-refractivity contribution in [2.75, 3.05) is 47.5 Å². The van der Waals surface area contributed by atoms with Gasteiger partial charge >= 0.3 is 11.9 Å². The molecule has 0 N–H and O–H groups in total. The molecule has 0 spiro atoms. The molecule has 0 amide bonds. The second kappa shape index (κ2) is 68.8. The average Bonchev–Trinajstić information content (AvgIpc) is 3.64. The first-order valence-corrected chi connectivity index (χ1v) is 35.6. The summed E-state index contributed by atoms with van der Waals surface area (Å²) in [6, 6.07) is 0. The molecule has 0 aromatic carbocycles. The van der Waals surface area contributed by atoms with E-state index in [4.69, 9.17) is 18.9 Å². The molecule has 0 radical (unpaired) electrons. The topological polar surface area (TPSA) is 111 Å². The fourth-order valence-electron chi connectivity index (χ4n) is 9.40. The molecule has 89 heavy (non-hydrogen) atoms. The normalized spacial score (nSPS) is 13.7. The molecule has 0 bridgehead atoms. The number of esters is 2. The van der Waals surface area contributed by atoms with E-state index >= 15 is 0 Å². The van der Waals surface area contributed by atoms with Crippen molar-refractivity contribution in [3.05, 3.63) is 158 Å². The van der Waals surface area contributed by atoms with E-state index in [0.717, 1.165) is 135 Å². The molecule has 0 aromatic heterocycles. The molecule has 2 unspecified atom stereocenters. The molecular formula is C80H131NO8. The summed E-state index contributed by atoms with van der Waals surface area (Å²) in [5.74, 6) is -2.30. The largest absolute Gasteiger partial charge is 0.545 e. The SMILES string of the molecule is CC/C=C\C/C=C\C/C=C\C/C=C\C/C=C\C/C=C\C/C=C\C/C=C\CCCCCCCCCCCCCCCCCCC(=O)OC(COC(=O)CCCCCCCCC/C=C\C/C=C\C/C=C\C/C=C\C/C=C\CC)COC(OCC[N+](C)(C)C)C(=O)[O-]. The van der Waals surface area contributed by atoms with Gasteiger partial charge in [-0.3, -0.25) is 9.59 Å². The highest BCUT2D eigenvalue weighted by Crippen LogP contribution is 2.16. The van der Waals surface area contributed by atoms with E-state index < -0.39 is 24.3 Å². The maximum atomic E-state index is 12.9. The Labute approximate surface area is 546 Å². The Hall–Kier alpha value is -5.09. The number of likely N-dealkylation sites (N-methyl/N-ethyl adjacent to an activating group) is 1. The number of carbonyl (C=O) groups excluding carboxylic acids is 3. The van der Waals surface area contributed by atoms with E-state index in [1.54, 1.807) is 0 Å². The number of carbonyl (C=O) groups is 3. The average molecular weight is 1230 g/mol. The van der Waals surface area contributed by atoms with Gasteiger partial charge in [0.2, 0.25) is 0 Å². The Morgan fingerprint density at radius 1 is 0.337 bits per heavy atom. The third-order valence-electron chi connectivity index (χ3n) is 14.8.